The molecular formula is C22H23BF4O3. The highest BCUT2D eigenvalue weighted by Gasteiger charge is 2.20. The summed E-state index contributed by atoms with van der Waals surface area (Å²) in [5.41, 5.74) is 3.28. The largest absolute Gasteiger partial charge is 0.673 e. The van der Waals surface area contributed by atoms with Gasteiger partial charge in [-0.3, -0.25) is 0 Å². The molecule has 0 saturated carbocycles. The van der Waals surface area contributed by atoms with E-state index < -0.39 is 7.25 Å². The minimum Gasteiger partial charge on any atom is -0.494 e. The highest BCUT2D eigenvalue weighted by molar-refractivity contribution is 6.50. The second-order valence-corrected chi connectivity index (χ2v) is 6.23. The summed E-state index contributed by atoms with van der Waals surface area (Å²) >= 11 is 0. The molecular weight excluding hydrogens is 399 g/mol. The molecule has 0 fully saturated rings. The first-order valence-corrected chi connectivity index (χ1v) is 9.48. The van der Waals surface area contributed by atoms with E-state index in [2.05, 4.69) is 18.2 Å². The van der Waals surface area contributed by atoms with E-state index in [9.17, 15) is 17.3 Å². The van der Waals surface area contributed by atoms with Gasteiger partial charge in [0.15, 0.2) is 0 Å². The predicted molar refractivity (Wildman–Crippen MR) is 111 cm³/mol. The van der Waals surface area contributed by atoms with Gasteiger partial charge in [-0.15, -0.1) is 0 Å². The standard InChI is InChI=1S/C22H23O3.BF4/c1-4-23-20-10-6-17(7-11-20)19-14-16(3)25-22(15-19)18-8-12-21(13-9-18)24-5-2;2-1(3,4)5/h6-15H,4-5H2,1-3H3;/q+1;-1. The van der Waals surface area contributed by atoms with Gasteiger partial charge < -0.3 is 26.7 Å². The highest BCUT2D eigenvalue weighted by Crippen LogP contribution is 2.30. The summed E-state index contributed by atoms with van der Waals surface area (Å²) in [6.45, 7) is 7.27. The average molecular weight is 422 g/mol. The Bertz CT molecular complexity index is 853. The Labute approximate surface area is 173 Å². The van der Waals surface area contributed by atoms with E-state index in [1.807, 2.05) is 63.2 Å². The van der Waals surface area contributed by atoms with Crippen LogP contribution in [-0.4, -0.2) is 20.5 Å². The molecule has 160 valence electrons. The Hall–Kier alpha value is -3.03. The summed E-state index contributed by atoms with van der Waals surface area (Å²) < 4.78 is 55.9. The summed E-state index contributed by atoms with van der Waals surface area (Å²) in [6.07, 6.45) is 0. The smallest absolute Gasteiger partial charge is 0.494 e. The van der Waals surface area contributed by atoms with Crippen molar-refractivity contribution in [1.82, 2.24) is 0 Å². The lowest BCUT2D eigenvalue weighted by Crippen LogP contribution is -2.02. The van der Waals surface area contributed by atoms with Crippen LogP contribution < -0.4 is 9.47 Å². The Morgan fingerprint density at radius 2 is 1.13 bits per heavy atom. The maximum atomic E-state index is 9.75. The van der Waals surface area contributed by atoms with E-state index in [-0.39, 0.29) is 0 Å². The van der Waals surface area contributed by atoms with E-state index in [1.54, 1.807) is 0 Å². The lowest BCUT2D eigenvalue weighted by Gasteiger charge is -2.05. The Balaban J connectivity index is 0.000000575. The van der Waals surface area contributed by atoms with Crippen LogP contribution in [0.4, 0.5) is 17.3 Å². The maximum absolute atomic E-state index is 9.75. The molecule has 30 heavy (non-hydrogen) atoms. The summed E-state index contributed by atoms with van der Waals surface area (Å²) in [6, 6.07) is 20.2. The van der Waals surface area contributed by atoms with Gasteiger partial charge in [-0.1, -0.05) is 12.1 Å². The third-order valence-electron chi connectivity index (χ3n) is 3.86. The zero-order chi connectivity index (χ0) is 22.1. The summed E-state index contributed by atoms with van der Waals surface area (Å²) in [5, 5.41) is 0. The predicted octanol–water partition coefficient (Wildman–Crippen LogP) is 7.30. The second kappa shape index (κ2) is 10.7. The number of benzene rings is 2. The minimum absolute atomic E-state index is 0.663. The molecule has 1 aromatic heterocycles. The third kappa shape index (κ3) is 7.77. The van der Waals surface area contributed by atoms with E-state index in [0.717, 1.165) is 39.7 Å². The summed E-state index contributed by atoms with van der Waals surface area (Å²) in [5.74, 6) is 3.46. The molecule has 1 heterocycles. The van der Waals surface area contributed by atoms with Crippen molar-refractivity contribution in [3.05, 3.63) is 66.4 Å². The van der Waals surface area contributed by atoms with Gasteiger partial charge in [-0.2, -0.15) is 0 Å². The van der Waals surface area contributed by atoms with Crippen LogP contribution in [0.3, 0.4) is 0 Å². The zero-order valence-corrected chi connectivity index (χ0v) is 17.0. The quantitative estimate of drug-likeness (QED) is 0.237. The van der Waals surface area contributed by atoms with Gasteiger partial charge in [-0.05, 0) is 55.8 Å². The second-order valence-electron chi connectivity index (χ2n) is 6.23. The topological polar surface area (TPSA) is 29.8 Å². The lowest BCUT2D eigenvalue weighted by molar-refractivity contribution is 0.340. The fourth-order valence-electron chi connectivity index (χ4n) is 2.74. The fourth-order valence-corrected chi connectivity index (χ4v) is 2.74. The van der Waals surface area contributed by atoms with Gasteiger partial charge in [-0.25, -0.2) is 4.42 Å². The molecule has 2 aromatic carbocycles. The number of ether oxygens (including phenoxy) is 2. The zero-order valence-electron chi connectivity index (χ0n) is 17.0. The SMILES string of the molecule is CCOc1ccc(-c2cc(C)[o+]c(-c3ccc(OCC)cc3)c2)cc1.F[B-](F)(F)F. The normalized spacial score (nSPS) is 10.8. The van der Waals surface area contributed by atoms with Gasteiger partial charge in [0.1, 0.15) is 11.5 Å². The molecule has 0 aliphatic heterocycles. The van der Waals surface area contributed by atoms with Crippen LogP contribution >= 0.6 is 0 Å². The van der Waals surface area contributed by atoms with Crippen LogP contribution in [-0.2, 0) is 0 Å². The van der Waals surface area contributed by atoms with Gasteiger partial charge in [0, 0.05) is 11.6 Å². The van der Waals surface area contributed by atoms with Crippen molar-refractivity contribution in [2.75, 3.05) is 13.2 Å². The molecule has 0 N–H and O–H groups in total. The van der Waals surface area contributed by atoms with Gasteiger partial charge in [0.05, 0.1) is 31.8 Å². The first-order chi connectivity index (χ1) is 14.2. The van der Waals surface area contributed by atoms with Gasteiger partial charge >= 0.3 is 18.8 Å². The lowest BCUT2D eigenvalue weighted by atomic mass is 10.0. The average Bonchev–Trinajstić information content (AvgIpc) is 2.68. The maximum Gasteiger partial charge on any atom is 0.673 e. The molecule has 0 unspecified atom stereocenters. The molecule has 0 radical (unpaired) electrons. The van der Waals surface area contributed by atoms with Gasteiger partial charge in [0.25, 0.3) is 0 Å². The van der Waals surface area contributed by atoms with E-state index in [4.69, 9.17) is 13.9 Å². The van der Waals surface area contributed by atoms with Crippen LogP contribution in [0.15, 0.2) is 65.1 Å². The molecule has 0 aliphatic rings. The Kier molecular flexibility index (Phi) is 8.27. The Morgan fingerprint density at radius 1 is 0.700 bits per heavy atom. The number of rotatable bonds is 6. The van der Waals surface area contributed by atoms with Crippen molar-refractivity contribution < 1.29 is 31.2 Å². The van der Waals surface area contributed by atoms with Crippen LogP contribution in [0.25, 0.3) is 22.5 Å². The number of aryl methyl sites for hydroxylation is 1. The molecule has 0 atom stereocenters. The highest BCUT2D eigenvalue weighted by atomic mass is 19.5. The van der Waals surface area contributed by atoms with E-state index in [0.29, 0.717) is 13.2 Å². The van der Waals surface area contributed by atoms with Crippen molar-refractivity contribution >= 4 is 7.25 Å². The van der Waals surface area contributed by atoms with E-state index in [1.165, 1.54) is 0 Å². The van der Waals surface area contributed by atoms with E-state index >= 15 is 0 Å². The minimum atomic E-state index is -6.00. The number of hydrogen-bond donors (Lipinski definition) is 0. The molecule has 0 saturated heterocycles. The molecule has 3 aromatic rings. The van der Waals surface area contributed by atoms with Crippen molar-refractivity contribution in [2.45, 2.75) is 20.8 Å². The van der Waals surface area contributed by atoms with Crippen LogP contribution in [0, 0.1) is 6.92 Å². The molecule has 8 heteroatoms. The third-order valence-corrected chi connectivity index (χ3v) is 3.86. The van der Waals surface area contributed by atoms with Crippen molar-refractivity contribution in [3.8, 4) is 33.9 Å². The van der Waals surface area contributed by atoms with Crippen LogP contribution in [0.1, 0.15) is 19.6 Å². The van der Waals surface area contributed by atoms with Crippen molar-refractivity contribution in [1.29, 1.82) is 0 Å². The van der Waals surface area contributed by atoms with Crippen molar-refractivity contribution in [3.63, 3.8) is 0 Å². The summed E-state index contributed by atoms with van der Waals surface area (Å²) in [7, 11) is -6.00. The molecule has 3 rings (SSSR count). The first kappa shape index (κ1) is 23.3. The van der Waals surface area contributed by atoms with Crippen LogP contribution in [0.2, 0.25) is 0 Å². The first-order valence-electron chi connectivity index (χ1n) is 9.48. The molecule has 0 amide bonds. The van der Waals surface area contributed by atoms with Crippen LogP contribution in [0.5, 0.6) is 11.5 Å². The van der Waals surface area contributed by atoms with Gasteiger partial charge in [0.2, 0.25) is 0 Å². The number of hydrogen-bond acceptors (Lipinski definition) is 2. The molecule has 0 spiro atoms. The summed E-state index contributed by atoms with van der Waals surface area (Å²) in [4.78, 5) is 0. The Morgan fingerprint density at radius 3 is 1.57 bits per heavy atom. The van der Waals surface area contributed by atoms with Crippen molar-refractivity contribution in [2.24, 2.45) is 0 Å². The number of halogens is 4. The fraction of sp³-hybridized carbons (Fsp3) is 0.227. The molecule has 3 nitrogen and oxygen atoms in total. The molecule has 0 aliphatic carbocycles. The monoisotopic (exact) mass is 422 g/mol. The molecule has 0 bridgehead atoms.